The predicted octanol–water partition coefficient (Wildman–Crippen LogP) is 2.65. The van der Waals surface area contributed by atoms with Gasteiger partial charge in [-0.15, -0.1) is 0 Å². The van der Waals surface area contributed by atoms with Crippen molar-refractivity contribution in [3.05, 3.63) is 33.8 Å². The SMILES string of the molecule is CC(CN)N(C)C(=O)C1CCCN(C(=O)c2ccc(Cl)c(Cl)c2)C1. The van der Waals surface area contributed by atoms with Gasteiger partial charge < -0.3 is 15.5 Å². The van der Waals surface area contributed by atoms with Crippen LogP contribution in [-0.4, -0.2) is 54.3 Å². The number of halogens is 2. The van der Waals surface area contributed by atoms with Crippen molar-refractivity contribution in [3.8, 4) is 0 Å². The molecule has 0 aromatic heterocycles. The molecule has 1 aromatic rings. The van der Waals surface area contributed by atoms with Crippen LogP contribution in [0.3, 0.4) is 0 Å². The van der Waals surface area contributed by atoms with Gasteiger partial charge in [0.05, 0.1) is 16.0 Å². The summed E-state index contributed by atoms with van der Waals surface area (Å²) in [4.78, 5) is 28.7. The van der Waals surface area contributed by atoms with Crippen molar-refractivity contribution in [2.45, 2.75) is 25.8 Å². The number of nitrogens with two attached hydrogens (primary N) is 1. The van der Waals surface area contributed by atoms with Gasteiger partial charge in [-0.05, 0) is 38.0 Å². The van der Waals surface area contributed by atoms with Gasteiger partial charge in [0.1, 0.15) is 0 Å². The van der Waals surface area contributed by atoms with Crippen molar-refractivity contribution >= 4 is 35.0 Å². The zero-order valence-electron chi connectivity index (χ0n) is 14.0. The number of benzene rings is 1. The van der Waals surface area contributed by atoms with Crippen molar-refractivity contribution in [1.29, 1.82) is 0 Å². The molecule has 24 heavy (non-hydrogen) atoms. The number of likely N-dealkylation sites (tertiary alicyclic amines) is 1. The van der Waals surface area contributed by atoms with E-state index in [0.717, 1.165) is 12.8 Å². The van der Waals surface area contributed by atoms with Crippen LogP contribution in [0.4, 0.5) is 0 Å². The fraction of sp³-hybridized carbons (Fsp3) is 0.529. The lowest BCUT2D eigenvalue weighted by molar-refractivity contribution is -0.137. The molecule has 2 rings (SSSR count). The summed E-state index contributed by atoms with van der Waals surface area (Å²) in [7, 11) is 1.76. The first kappa shape index (κ1) is 19.0. The molecule has 2 unspecified atom stereocenters. The maximum Gasteiger partial charge on any atom is 0.253 e. The van der Waals surface area contributed by atoms with E-state index in [0.29, 0.717) is 35.2 Å². The number of nitrogens with zero attached hydrogens (tertiary/aromatic N) is 2. The van der Waals surface area contributed by atoms with Crippen molar-refractivity contribution in [1.82, 2.24) is 9.80 Å². The van der Waals surface area contributed by atoms with E-state index in [-0.39, 0.29) is 23.8 Å². The van der Waals surface area contributed by atoms with E-state index in [2.05, 4.69) is 0 Å². The second kappa shape index (κ2) is 8.19. The first-order valence-electron chi connectivity index (χ1n) is 8.06. The van der Waals surface area contributed by atoms with Crippen LogP contribution in [0.1, 0.15) is 30.1 Å². The van der Waals surface area contributed by atoms with E-state index in [4.69, 9.17) is 28.9 Å². The maximum atomic E-state index is 12.7. The highest BCUT2D eigenvalue weighted by molar-refractivity contribution is 6.42. The average molecular weight is 372 g/mol. The Morgan fingerprint density at radius 2 is 2.08 bits per heavy atom. The van der Waals surface area contributed by atoms with Gasteiger partial charge in [-0.1, -0.05) is 23.2 Å². The van der Waals surface area contributed by atoms with Crippen molar-refractivity contribution in [2.24, 2.45) is 11.7 Å². The number of carbonyl (C=O) groups is 2. The quantitative estimate of drug-likeness (QED) is 0.884. The van der Waals surface area contributed by atoms with E-state index in [1.807, 2.05) is 6.92 Å². The lowest BCUT2D eigenvalue weighted by Crippen LogP contribution is -2.49. The molecule has 1 aliphatic rings. The molecular formula is C17H23Cl2N3O2. The lowest BCUT2D eigenvalue weighted by atomic mass is 9.95. The summed E-state index contributed by atoms with van der Waals surface area (Å²) in [6, 6.07) is 4.82. The third-order valence-electron chi connectivity index (χ3n) is 4.57. The third-order valence-corrected chi connectivity index (χ3v) is 5.31. The van der Waals surface area contributed by atoms with Crippen molar-refractivity contribution in [2.75, 3.05) is 26.7 Å². The zero-order chi connectivity index (χ0) is 17.9. The van der Waals surface area contributed by atoms with Gasteiger partial charge in [0, 0.05) is 38.3 Å². The summed E-state index contributed by atoms with van der Waals surface area (Å²) in [6.45, 7) is 3.39. The smallest absolute Gasteiger partial charge is 0.253 e. The first-order chi connectivity index (χ1) is 11.3. The summed E-state index contributed by atoms with van der Waals surface area (Å²) >= 11 is 11.9. The van der Waals surface area contributed by atoms with Gasteiger partial charge >= 0.3 is 0 Å². The molecule has 0 saturated carbocycles. The molecule has 1 aliphatic heterocycles. The van der Waals surface area contributed by atoms with Gasteiger partial charge in [0.2, 0.25) is 5.91 Å². The Labute approximate surface area is 152 Å². The number of likely N-dealkylation sites (N-methyl/N-ethyl adjacent to an activating group) is 1. The van der Waals surface area contributed by atoms with Gasteiger partial charge in [-0.2, -0.15) is 0 Å². The number of piperidine rings is 1. The van der Waals surface area contributed by atoms with Crippen LogP contribution in [0, 0.1) is 5.92 Å². The molecule has 1 saturated heterocycles. The van der Waals surface area contributed by atoms with E-state index >= 15 is 0 Å². The van der Waals surface area contributed by atoms with Crippen LogP contribution in [0.15, 0.2) is 18.2 Å². The molecular weight excluding hydrogens is 349 g/mol. The van der Waals surface area contributed by atoms with Crippen LogP contribution in [0.25, 0.3) is 0 Å². The first-order valence-corrected chi connectivity index (χ1v) is 8.81. The van der Waals surface area contributed by atoms with Crippen LogP contribution >= 0.6 is 23.2 Å². The molecule has 0 radical (unpaired) electrons. The maximum absolute atomic E-state index is 12.7. The minimum absolute atomic E-state index is 0.0151. The molecule has 5 nitrogen and oxygen atoms in total. The molecule has 2 amide bonds. The van der Waals surface area contributed by atoms with Crippen LogP contribution in [-0.2, 0) is 4.79 Å². The number of amides is 2. The minimum Gasteiger partial charge on any atom is -0.341 e. The molecule has 0 aliphatic carbocycles. The highest BCUT2D eigenvalue weighted by Crippen LogP contribution is 2.25. The average Bonchev–Trinajstić information content (AvgIpc) is 2.61. The fourth-order valence-electron chi connectivity index (χ4n) is 2.84. The van der Waals surface area contributed by atoms with Gasteiger partial charge in [0.25, 0.3) is 5.91 Å². The van der Waals surface area contributed by atoms with Crippen LogP contribution < -0.4 is 5.73 Å². The lowest BCUT2D eigenvalue weighted by Gasteiger charge is -2.35. The molecule has 1 aromatic carbocycles. The van der Waals surface area contributed by atoms with Gasteiger partial charge in [0.15, 0.2) is 0 Å². The summed E-state index contributed by atoms with van der Waals surface area (Å²) in [5, 5.41) is 0.765. The number of hydrogen-bond donors (Lipinski definition) is 1. The van der Waals surface area contributed by atoms with Crippen LogP contribution in [0.2, 0.25) is 10.0 Å². The number of rotatable bonds is 4. The molecule has 1 fully saturated rings. The van der Waals surface area contributed by atoms with Gasteiger partial charge in [-0.3, -0.25) is 9.59 Å². The van der Waals surface area contributed by atoms with E-state index in [1.54, 1.807) is 35.0 Å². The number of carbonyl (C=O) groups excluding carboxylic acids is 2. The number of hydrogen-bond acceptors (Lipinski definition) is 3. The molecule has 0 bridgehead atoms. The molecule has 2 atom stereocenters. The second-order valence-corrected chi connectivity index (χ2v) is 7.07. The van der Waals surface area contributed by atoms with Crippen molar-refractivity contribution in [3.63, 3.8) is 0 Å². The van der Waals surface area contributed by atoms with E-state index in [9.17, 15) is 9.59 Å². The summed E-state index contributed by atoms with van der Waals surface area (Å²) < 4.78 is 0. The molecule has 1 heterocycles. The van der Waals surface area contributed by atoms with Crippen molar-refractivity contribution < 1.29 is 9.59 Å². The molecule has 132 valence electrons. The standard InChI is InChI=1S/C17H23Cl2N3O2/c1-11(9-20)21(2)16(23)13-4-3-7-22(10-13)17(24)12-5-6-14(18)15(19)8-12/h5-6,8,11,13H,3-4,7,9-10,20H2,1-2H3. The third kappa shape index (κ3) is 4.21. The highest BCUT2D eigenvalue weighted by atomic mass is 35.5. The Kier molecular flexibility index (Phi) is 6.49. The van der Waals surface area contributed by atoms with Gasteiger partial charge in [-0.25, -0.2) is 0 Å². The highest BCUT2D eigenvalue weighted by Gasteiger charge is 2.31. The monoisotopic (exact) mass is 371 g/mol. The predicted molar refractivity (Wildman–Crippen MR) is 96.4 cm³/mol. The summed E-state index contributed by atoms with van der Waals surface area (Å²) in [5.74, 6) is -0.273. The normalized spacial score (nSPS) is 19.0. The fourth-order valence-corrected chi connectivity index (χ4v) is 3.14. The van der Waals surface area contributed by atoms with Crippen LogP contribution in [0.5, 0.6) is 0 Å². The topological polar surface area (TPSA) is 66.6 Å². The van der Waals surface area contributed by atoms with E-state index < -0.39 is 0 Å². The summed E-state index contributed by atoms with van der Waals surface area (Å²) in [5.41, 5.74) is 6.12. The Balaban J connectivity index is 2.08. The Morgan fingerprint density at radius 1 is 1.38 bits per heavy atom. The second-order valence-electron chi connectivity index (χ2n) is 6.25. The largest absolute Gasteiger partial charge is 0.341 e. The summed E-state index contributed by atoms with van der Waals surface area (Å²) in [6.07, 6.45) is 1.58. The Hall–Kier alpha value is -1.30. The minimum atomic E-state index is -0.190. The zero-order valence-corrected chi connectivity index (χ0v) is 15.5. The Morgan fingerprint density at radius 3 is 2.71 bits per heavy atom. The van der Waals surface area contributed by atoms with E-state index in [1.165, 1.54) is 0 Å². The molecule has 0 spiro atoms. The molecule has 7 heteroatoms. The molecule has 2 N–H and O–H groups in total. The Bertz CT molecular complexity index is 624.